The smallest absolute Gasteiger partial charge is 0.171 e. The van der Waals surface area contributed by atoms with Crippen molar-refractivity contribution in [2.75, 3.05) is 18.0 Å². The number of aromatic nitrogens is 1. The number of nitrogens with zero attached hydrogens (tertiary/aromatic N) is 2. The van der Waals surface area contributed by atoms with Gasteiger partial charge >= 0.3 is 0 Å². The van der Waals surface area contributed by atoms with Crippen molar-refractivity contribution in [2.24, 2.45) is 11.8 Å². The van der Waals surface area contributed by atoms with Gasteiger partial charge in [0.15, 0.2) is 11.6 Å². The molecule has 1 fully saturated rings. The number of hydrogen-bond acceptors (Lipinski definition) is 3. The normalized spacial score (nSPS) is 20.7. The van der Waals surface area contributed by atoms with E-state index in [-0.39, 0.29) is 12.4 Å². The molecule has 2 heterocycles. The first-order valence-electron chi connectivity index (χ1n) is 7.12. The highest BCUT2D eigenvalue weighted by atomic mass is 19.1. The molecular weight excluding hydrogens is 243 g/mol. The van der Waals surface area contributed by atoms with Crippen LogP contribution in [0.3, 0.4) is 0 Å². The van der Waals surface area contributed by atoms with Crippen LogP contribution in [0.25, 0.3) is 0 Å². The molecule has 0 saturated carbocycles. The first-order valence-corrected chi connectivity index (χ1v) is 7.12. The molecule has 2 rings (SSSR count). The molecule has 1 aliphatic rings. The van der Waals surface area contributed by atoms with Crippen LogP contribution in [0.1, 0.15) is 38.7 Å². The molecule has 19 heavy (non-hydrogen) atoms. The van der Waals surface area contributed by atoms with Gasteiger partial charge in [0.25, 0.3) is 0 Å². The van der Waals surface area contributed by atoms with Crippen molar-refractivity contribution in [1.29, 1.82) is 0 Å². The van der Waals surface area contributed by atoms with Crippen LogP contribution < -0.4 is 4.90 Å². The van der Waals surface area contributed by atoms with Crippen LogP contribution in [0.2, 0.25) is 0 Å². The third-order valence-corrected chi connectivity index (χ3v) is 4.14. The van der Waals surface area contributed by atoms with Gasteiger partial charge in [-0.1, -0.05) is 13.8 Å². The lowest BCUT2D eigenvalue weighted by molar-refractivity contribution is 0.275. The fourth-order valence-corrected chi connectivity index (χ4v) is 2.81. The number of anilines is 1. The Morgan fingerprint density at radius 3 is 2.89 bits per heavy atom. The molecule has 0 bridgehead atoms. The van der Waals surface area contributed by atoms with Gasteiger partial charge in [-0.15, -0.1) is 0 Å². The third kappa shape index (κ3) is 3.24. The van der Waals surface area contributed by atoms with Gasteiger partial charge in [-0.3, -0.25) is 0 Å². The number of rotatable bonds is 3. The molecule has 4 heteroatoms. The Kier molecular flexibility index (Phi) is 4.75. The molecule has 1 saturated heterocycles. The highest BCUT2D eigenvalue weighted by molar-refractivity contribution is 5.43. The molecule has 1 unspecified atom stereocenters. The Bertz CT molecular complexity index is 423. The molecule has 1 aliphatic heterocycles. The summed E-state index contributed by atoms with van der Waals surface area (Å²) >= 11 is 0. The molecule has 0 amide bonds. The standard InChI is InChI=1S/C15H23FN2O/c1-11(2)12-4-3-8-18(9-6-12)15-14(16)13(10-19)5-7-17-15/h5,7,11-12,19H,3-4,6,8-10H2,1-2H3. The second-order valence-electron chi connectivity index (χ2n) is 5.69. The zero-order valence-corrected chi connectivity index (χ0v) is 11.8. The zero-order chi connectivity index (χ0) is 13.8. The second-order valence-corrected chi connectivity index (χ2v) is 5.69. The maximum absolute atomic E-state index is 14.2. The summed E-state index contributed by atoms with van der Waals surface area (Å²) in [6.45, 7) is 5.94. The minimum atomic E-state index is -0.368. The highest BCUT2D eigenvalue weighted by Gasteiger charge is 2.22. The Morgan fingerprint density at radius 2 is 2.21 bits per heavy atom. The maximum Gasteiger partial charge on any atom is 0.171 e. The number of hydrogen-bond donors (Lipinski definition) is 1. The molecule has 0 spiro atoms. The van der Waals surface area contributed by atoms with Gasteiger partial charge < -0.3 is 10.0 Å². The molecule has 1 aromatic rings. The van der Waals surface area contributed by atoms with Gasteiger partial charge in [0, 0.05) is 24.8 Å². The minimum absolute atomic E-state index is 0.274. The summed E-state index contributed by atoms with van der Waals surface area (Å²) < 4.78 is 14.2. The average Bonchev–Trinajstić information content (AvgIpc) is 2.65. The van der Waals surface area contributed by atoms with Crippen LogP contribution in [0.4, 0.5) is 10.2 Å². The van der Waals surface area contributed by atoms with Crippen LogP contribution in [-0.4, -0.2) is 23.2 Å². The summed E-state index contributed by atoms with van der Waals surface area (Å²) in [5.41, 5.74) is 0.328. The van der Waals surface area contributed by atoms with E-state index >= 15 is 0 Å². The van der Waals surface area contributed by atoms with Crippen LogP contribution >= 0.6 is 0 Å². The monoisotopic (exact) mass is 266 g/mol. The van der Waals surface area contributed by atoms with Crippen LogP contribution in [0, 0.1) is 17.7 Å². The van der Waals surface area contributed by atoms with Gasteiger partial charge in [0.1, 0.15) is 0 Å². The highest BCUT2D eigenvalue weighted by Crippen LogP contribution is 2.28. The summed E-state index contributed by atoms with van der Waals surface area (Å²) in [6, 6.07) is 1.54. The molecule has 1 aromatic heterocycles. The Morgan fingerprint density at radius 1 is 1.42 bits per heavy atom. The molecule has 106 valence electrons. The van der Waals surface area contributed by atoms with Crippen molar-refractivity contribution in [2.45, 2.75) is 39.7 Å². The lowest BCUT2D eigenvalue weighted by atomic mass is 9.89. The predicted molar refractivity (Wildman–Crippen MR) is 74.5 cm³/mol. The van der Waals surface area contributed by atoms with E-state index in [0.29, 0.717) is 23.2 Å². The topological polar surface area (TPSA) is 36.4 Å². The molecule has 0 aliphatic carbocycles. The lowest BCUT2D eigenvalue weighted by Crippen LogP contribution is -2.27. The number of aliphatic hydroxyl groups excluding tert-OH is 1. The van der Waals surface area contributed by atoms with Crippen molar-refractivity contribution in [1.82, 2.24) is 4.98 Å². The van der Waals surface area contributed by atoms with Gasteiger partial charge in [0.05, 0.1) is 6.61 Å². The fraction of sp³-hybridized carbons (Fsp3) is 0.667. The van der Waals surface area contributed by atoms with Crippen LogP contribution in [-0.2, 0) is 6.61 Å². The third-order valence-electron chi connectivity index (χ3n) is 4.14. The summed E-state index contributed by atoms with van der Waals surface area (Å²) in [7, 11) is 0. The first-order chi connectivity index (χ1) is 9.13. The molecule has 1 N–H and O–H groups in total. The molecular formula is C15H23FN2O. The van der Waals surface area contributed by atoms with Crippen molar-refractivity contribution in [3.63, 3.8) is 0 Å². The van der Waals surface area contributed by atoms with Gasteiger partial charge in [-0.25, -0.2) is 9.37 Å². The summed E-state index contributed by atoms with van der Waals surface area (Å²) in [5.74, 6) is 1.43. The molecule has 3 nitrogen and oxygen atoms in total. The molecule has 0 aromatic carbocycles. The number of aliphatic hydroxyl groups is 1. The number of halogens is 1. The van der Waals surface area contributed by atoms with E-state index in [1.807, 2.05) is 4.90 Å². The van der Waals surface area contributed by atoms with E-state index in [1.165, 1.54) is 12.5 Å². The maximum atomic E-state index is 14.2. The SMILES string of the molecule is CC(C)C1CCCN(c2nccc(CO)c2F)CC1. The summed E-state index contributed by atoms with van der Waals surface area (Å²) in [4.78, 5) is 6.19. The van der Waals surface area contributed by atoms with Gasteiger partial charge in [-0.2, -0.15) is 0 Å². The van der Waals surface area contributed by atoms with Crippen LogP contribution in [0.5, 0.6) is 0 Å². The lowest BCUT2D eigenvalue weighted by Gasteiger charge is -2.23. The number of pyridine rings is 1. The van der Waals surface area contributed by atoms with E-state index in [9.17, 15) is 4.39 Å². The van der Waals surface area contributed by atoms with Crippen LogP contribution in [0.15, 0.2) is 12.3 Å². The Labute approximate surface area is 114 Å². The first kappa shape index (κ1) is 14.3. The largest absolute Gasteiger partial charge is 0.392 e. The van der Waals surface area contributed by atoms with Crippen molar-refractivity contribution in [3.8, 4) is 0 Å². The second kappa shape index (κ2) is 6.33. The summed E-state index contributed by atoms with van der Waals surface area (Å²) in [5, 5.41) is 9.13. The Hall–Kier alpha value is -1.16. The fourth-order valence-electron chi connectivity index (χ4n) is 2.81. The molecule has 1 atom stereocenters. The predicted octanol–water partition coefficient (Wildman–Crippen LogP) is 2.98. The van der Waals surface area contributed by atoms with E-state index in [0.717, 1.165) is 25.9 Å². The van der Waals surface area contributed by atoms with Crippen molar-refractivity contribution in [3.05, 3.63) is 23.6 Å². The van der Waals surface area contributed by atoms with E-state index in [2.05, 4.69) is 18.8 Å². The van der Waals surface area contributed by atoms with Gasteiger partial charge in [0.2, 0.25) is 0 Å². The van der Waals surface area contributed by atoms with Gasteiger partial charge in [-0.05, 0) is 37.2 Å². The molecule has 0 radical (unpaired) electrons. The van der Waals surface area contributed by atoms with Crippen molar-refractivity contribution >= 4 is 5.82 Å². The van der Waals surface area contributed by atoms with Crippen molar-refractivity contribution < 1.29 is 9.50 Å². The minimum Gasteiger partial charge on any atom is -0.392 e. The van der Waals surface area contributed by atoms with E-state index in [1.54, 1.807) is 6.20 Å². The zero-order valence-electron chi connectivity index (χ0n) is 11.8. The summed E-state index contributed by atoms with van der Waals surface area (Å²) in [6.07, 6.45) is 4.94. The van der Waals surface area contributed by atoms with E-state index < -0.39 is 0 Å². The van der Waals surface area contributed by atoms with E-state index in [4.69, 9.17) is 5.11 Å². The Balaban J connectivity index is 2.14. The quantitative estimate of drug-likeness (QED) is 0.913. The average molecular weight is 266 g/mol.